The van der Waals surface area contributed by atoms with Gasteiger partial charge in [0.25, 0.3) is 5.91 Å². The standard InChI is InChI=1S/C20H20F5N3O4/c1-9-14(12-4-5-13(21)15(22)16(12)31-3)17(32-19(9,2)20(23,24)25)18(30)27-10-6-11(8-29)28-26-7-10/h4-7,9,14,17,29H,8H2,1-3H3,(H,27,28,30). The van der Waals surface area contributed by atoms with E-state index >= 15 is 0 Å². The quantitative estimate of drug-likeness (QED) is 0.664. The van der Waals surface area contributed by atoms with Crippen molar-refractivity contribution < 1.29 is 41.3 Å². The van der Waals surface area contributed by atoms with Gasteiger partial charge in [-0.05, 0) is 19.1 Å². The molecule has 1 amide bonds. The third-order valence-electron chi connectivity index (χ3n) is 5.71. The van der Waals surface area contributed by atoms with Crippen LogP contribution < -0.4 is 10.1 Å². The number of ether oxygens (including phenoxy) is 2. The second-order valence-electron chi connectivity index (χ2n) is 7.52. The van der Waals surface area contributed by atoms with Gasteiger partial charge in [-0.1, -0.05) is 13.0 Å². The van der Waals surface area contributed by atoms with Gasteiger partial charge in [-0.15, -0.1) is 0 Å². The number of aromatic nitrogens is 2. The predicted octanol–water partition coefficient (Wildman–Crippen LogP) is 3.33. The van der Waals surface area contributed by atoms with Crippen LogP contribution in [0.25, 0.3) is 0 Å². The van der Waals surface area contributed by atoms with Gasteiger partial charge in [-0.2, -0.15) is 27.8 Å². The predicted molar refractivity (Wildman–Crippen MR) is 101 cm³/mol. The summed E-state index contributed by atoms with van der Waals surface area (Å²) in [5, 5.41) is 18.7. The first-order valence-corrected chi connectivity index (χ1v) is 9.44. The lowest BCUT2D eigenvalue weighted by Gasteiger charge is -2.32. The van der Waals surface area contributed by atoms with Gasteiger partial charge in [0.15, 0.2) is 17.2 Å². The summed E-state index contributed by atoms with van der Waals surface area (Å²) in [6.07, 6.45) is -5.47. The monoisotopic (exact) mass is 461 g/mol. The van der Waals surface area contributed by atoms with E-state index in [4.69, 9.17) is 14.6 Å². The van der Waals surface area contributed by atoms with Gasteiger partial charge in [0.1, 0.15) is 6.10 Å². The van der Waals surface area contributed by atoms with E-state index in [1.165, 1.54) is 13.0 Å². The molecule has 0 aliphatic carbocycles. The van der Waals surface area contributed by atoms with E-state index < -0.39 is 59.6 Å². The molecule has 1 saturated heterocycles. The van der Waals surface area contributed by atoms with Crippen LogP contribution in [0.1, 0.15) is 31.0 Å². The van der Waals surface area contributed by atoms with Gasteiger partial charge < -0.3 is 19.9 Å². The van der Waals surface area contributed by atoms with Crippen LogP contribution in [-0.2, 0) is 16.1 Å². The zero-order chi connectivity index (χ0) is 23.8. The molecule has 1 aliphatic heterocycles. The average Bonchev–Trinajstić information content (AvgIpc) is 3.02. The lowest BCUT2D eigenvalue weighted by Crippen LogP contribution is -2.47. The van der Waals surface area contributed by atoms with Crippen LogP contribution in [0.4, 0.5) is 27.6 Å². The normalized spacial score (nSPS) is 25.6. The molecule has 1 aromatic heterocycles. The maximum atomic E-state index is 14.3. The summed E-state index contributed by atoms with van der Waals surface area (Å²) in [6.45, 7) is 1.53. The largest absolute Gasteiger partial charge is 0.493 e. The molecule has 174 valence electrons. The highest BCUT2D eigenvalue weighted by atomic mass is 19.4. The maximum absolute atomic E-state index is 14.3. The van der Waals surface area contributed by atoms with Gasteiger partial charge >= 0.3 is 6.18 Å². The van der Waals surface area contributed by atoms with Crippen molar-refractivity contribution in [1.29, 1.82) is 0 Å². The highest BCUT2D eigenvalue weighted by molar-refractivity contribution is 5.95. The molecule has 0 bridgehead atoms. The van der Waals surface area contributed by atoms with E-state index in [1.54, 1.807) is 0 Å². The number of methoxy groups -OCH3 is 1. The number of aliphatic hydroxyl groups excluding tert-OH is 1. The topological polar surface area (TPSA) is 93.6 Å². The maximum Gasteiger partial charge on any atom is 0.417 e. The zero-order valence-corrected chi connectivity index (χ0v) is 17.2. The Labute approximate surface area is 179 Å². The van der Waals surface area contributed by atoms with E-state index in [0.717, 1.165) is 32.4 Å². The smallest absolute Gasteiger partial charge is 0.417 e. The first-order chi connectivity index (χ1) is 14.9. The van der Waals surface area contributed by atoms with E-state index in [-0.39, 0.29) is 16.9 Å². The first kappa shape index (κ1) is 23.8. The van der Waals surface area contributed by atoms with Gasteiger partial charge in [0, 0.05) is 17.4 Å². The Hall–Kier alpha value is -2.86. The van der Waals surface area contributed by atoms with Crippen LogP contribution in [0.5, 0.6) is 5.75 Å². The summed E-state index contributed by atoms with van der Waals surface area (Å²) in [4.78, 5) is 13.0. The molecule has 2 N–H and O–H groups in total. The fourth-order valence-corrected chi connectivity index (χ4v) is 3.81. The second kappa shape index (κ2) is 8.58. The number of halogens is 5. The van der Waals surface area contributed by atoms with Crippen molar-refractivity contribution in [2.24, 2.45) is 5.92 Å². The lowest BCUT2D eigenvalue weighted by atomic mass is 9.77. The van der Waals surface area contributed by atoms with Crippen LogP contribution in [0.3, 0.4) is 0 Å². The Bertz CT molecular complexity index is 1020. The Morgan fingerprint density at radius 1 is 1.34 bits per heavy atom. The molecule has 1 aromatic carbocycles. The molecule has 0 saturated carbocycles. The van der Waals surface area contributed by atoms with Crippen molar-refractivity contribution in [2.45, 2.75) is 44.3 Å². The number of nitrogens with zero attached hydrogens (tertiary/aromatic N) is 2. The van der Waals surface area contributed by atoms with Gasteiger partial charge in [0.05, 0.1) is 31.3 Å². The number of alkyl halides is 3. The Morgan fingerprint density at radius 3 is 2.62 bits per heavy atom. The van der Waals surface area contributed by atoms with Crippen molar-refractivity contribution >= 4 is 11.6 Å². The third kappa shape index (κ3) is 3.99. The number of amides is 1. The van der Waals surface area contributed by atoms with Crippen molar-refractivity contribution in [3.8, 4) is 5.75 Å². The number of benzene rings is 1. The highest BCUT2D eigenvalue weighted by Crippen LogP contribution is 2.54. The van der Waals surface area contributed by atoms with Gasteiger partial charge in [-0.3, -0.25) is 4.79 Å². The van der Waals surface area contributed by atoms with Crippen molar-refractivity contribution in [3.63, 3.8) is 0 Å². The average molecular weight is 461 g/mol. The molecule has 12 heteroatoms. The fraction of sp³-hybridized carbons (Fsp3) is 0.450. The number of aliphatic hydroxyl groups is 1. The lowest BCUT2D eigenvalue weighted by molar-refractivity contribution is -0.272. The second-order valence-corrected chi connectivity index (χ2v) is 7.52. The molecule has 32 heavy (non-hydrogen) atoms. The van der Waals surface area contributed by atoms with Crippen LogP contribution in [0.2, 0.25) is 0 Å². The van der Waals surface area contributed by atoms with Crippen LogP contribution >= 0.6 is 0 Å². The van der Waals surface area contributed by atoms with Gasteiger partial charge in [0.2, 0.25) is 5.82 Å². The fourth-order valence-electron chi connectivity index (χ4n) is 3.81. The van der Waals surface area contributed by atoms with E-state index in [2.05, 4.69) is 15.5 Å². The Morgan fingerprint density at radius 2 is 2.03 bits per heavy atom. The minimum atomic E-state index is -4.87. The third-order valence-corrected chi connectivity index (χ3v) is 5.71. The number of hydrogen-bond acceptors (Lipinski definition) is 6. The summed E-state index contributed by atoms with van der Waals surface area (Å²) < 4.78 is 79.9. The number of hydrogen-bond donors (Lipinski definition) is 2. The van der Waals surface area contributed by atoms with Crippen LogP contribution in [0.15, 0.2) is 24.4 Å². The first-order valence-electron chi connectivity index (χ1n) is 9.44. The molecule has 1 fully saturated rings. The van der Waals surface area contributed by atoms with Crippen molar-refractivity contribution in [3.05, 3.63) is 47.3 Å². The molecule has 2 aromatic rings. The van der Waals surface area contributed by atoms with Crippen LogP contribution in [-0.4, -0.2) is 46.2 Å². The molecule has 0 radical (unpaired) electrons. The SMILES string of the molecule is COc1c(C2C(C(=O)Nc3cnnc(CO)c3)OC(C)(C(F)(F)F)C2C)ccc(F)c1F. The molecule has 0 spiro atoms. The molecule has 2 heterocycles. The summed E-state index contributed by atoms with van der Waals surface area (Å²) >= 11 is 0. The summed E-state index contributed by atoms with van der Waals surface area (Å²) in [5.74, 6) is -6.93. The minimum absolute atomic E-state index is 0.0573. The van der Waals surface area contributed by atoms with Crippen molar-refractivity contribution in [1.82, 2.24) is 10.2 Å². The molecular formula is C20H20F5N3O4. The zero-order valence-electron chi connectivity index (χ0n) is 17.2. The summed E-state index contributed by atoms with van der Waals surface area (Å²) in [5.41, 5.74) is -2.73. The Kier molecular flexibility index (Phi) is 6.38. The summed E-state index contributed by atoms with van der Waals surface area (Å²) in [6, 6.07) is 3.10. The van der Waals surface area contributed by atoms with E-state index in [0.29, 0.717) is 0 Å². The minimum Gasteiger partial charge on any atom is -0.493 e. The molecule has 3 rings (SSSR count). The number of anilines is 1. The van der Waals surface area contributed by atoms with Crippen molar-refractivity contribution in [2.75, 3.05) is 12.4 Å². The molecule has 1 aliphatic rings. The molecule has 7 nitrogen and oxygen atoms in total. The number of carbonyl (C=O) groups is 1. The number of nitrogens with one attached hydrogen (secondary N) is 1. The molecule has 4 unspecified atom stereocenters. The Balaban J connectivity index is 2.07. The summed E-state index contributed by atoms with van der Waals surface area (Å²) in [7, 11) is 1.04. The van der Waals surface area contributed by atoms with E-state index in [9.17, 15) is 26.7 Å². The molecule has 4 atom stereocenters. The highest BCUT2D eigenvalue weighted by Gasteiger charge is 2.65. The molecular weight excluding hydrogens is 441 g/mol. The van der Waals surface area contributed by atoms with Gasteiger partial charge in [-0.25, -0.2) is 4.39 Å². The number of rotatable bonds is 5. The van der Waals surface area contributed by atoms with Crippen LogP contribution in [0, 0.1) is 17.6 Å². The van der Waals surface area contributed by atoms with E-state index in [1.807, 2.05) is 0 Å². The number of carbonyl (C=O) groups excluding carboxylic acids is 1.